The van der Waals surface area contributed by atoms with Crippen LogP contribution in [0.3, 0.4) is 0 Å². The Labute approximate surface area is 274 Å². The number of amidine groups is 1. The van der Waals surface area contributed by atoms with Crippen LogP contribution in [0.2, 0.25) is 0 Å². The van der Waals surface area contributed by atoms with Gasteiger partial charge < -0.3 is 14.6 Å². The standard InChI is InChI=1S/C32H24I2N2O5S/c1-40-25-13-9-20(10-14-25)18-36-30(37)28(42-32(36)35-24-5-3-2-4-6-24)17-22-15-26(33)29(27(34)16-22)41-19-21-7-11-23(12-8-21)31(38)39/h2-17H,18-19H2,1H3,(H,38,39)/b28-17-,35-32?. The molecule has 212 valence electrons. The lowest BCUT2D eigenvalue weighted by molar-refractivity contribution is -0.122. The molecule has 1 aliphatic rings. The maximum Gasteiger partial charge on any atom is 0.335 e. The fraction of sp³-hybridized carbons (Fsp3) is 0.0938. The Kier molecular flexibility index (Phi) is 9.85. The van der Waals surface area contributed by atoms with Gasteiger partial charge in [0.05, 0.1) is 37.0 Å². The number of carbonyl (C=O) groups excluding carboxylic acids is 1. The summed E-state index contributed by atoms with van der Waals surface area (Å²) in [6, 6.07) is 27.8. The molecular formula is C32H24I2N2O5S. The van der Waals surface area contributed by atoms with E-state index in [0.717, 1.165) is 41.0 Å². The summed E-state index contributed by atoms with van der Waals surface area (Å²) in [6.07, 6.45) is 1.89. The summed E-state index contributed by atoms with van der Waals surface area (Å²) in [5.74, 6) is 0.420. The van der Waals surface area contributed by atoms with Crippen molar-refractivity contribution in [1.29, 1.82) is 0 Å². The number of amides is 1. The summed E-state index contributed by atoms with van der Waals surface area (Å²) in [5.41, 5.74) is 3.72. The zero-order valence-corrected chi connectivity index (χ0v) is 27.4. The maximum atomic E-state index is 13.7. The van der Waals surface area contributed by atoms with Crippen molar-refractivity contribution in [3.63, 3.8) is 0 Å². The molecule has 1 saturated heterocycles. The lowest BCUT2D eigenvalue weighted by atomic mass is 10.1. The second-order valence-corrected chi connectivity index (χ2v) is 12.5. The summed E-state index contributed by atoms with van der Waals surface area (Å²) in [5, 5.41) is 9.72. The highest BCUT2D eigenvalue weighted by Gasteiger charge is 2.33. The second kappa shape index (κ2) is 13.7. The van der Waals surface area contributed by atoms with Crippen LogP contribution >= 0.6 is 56.9 Å². The number of carbonyl (C=O) groups is 2. The number of halogens is 2. The van der Waals surface area contributed by atoms with Gasteiger partial charge in [0.1, 0.15) is 18.1 Å². The van der Waals surface area contributed by atoms with E-state index in [9.17, 15) is 9.59 Å². The number of methoxy groups -OCH3 is 1. The molecular weight excluding hydrogens is 778 g/mol. The first-order valence-corrected chi connectivity index (χ1v) is 15.7. The van der Waals surface area contributed by atoms with Crippen molar-refractivity contribution < 1.29 is 24.2 Å². The summed E-state index contributed by atoms with van der Waals surface area (Å²) in [7, 11) is 1.62. The number of thioether (sulfide) groups is 1. The Balaban J connectivity index is 1.38. The molecule has 4 aromatic carbocycles. The Morgan fingerprint density at radius 1 is 0.952 bits per heavy atom. The SMILES string of the molecule is COc1ccc(CN2C(=O)/C(=C/c3cc(I)c(OCc4ccc(C(=O)O)cc4)c(I)c3)SC2=Nc2ccccc2)cc1. The van der Waals surface area contributed by atoms with Crippen molar-refractivity contribution in [2.24, 2.45) is 4.99 Å². The molecule has 1 fully saturated rings. The third-order valence-corrected chi connectivity index (χ3v) is 8.88. The molecule has 7 nitrogen and oxygen atoms in total. The Bertz CT molecular complexity index is 1650. The van der Waals surface area contributed by atoms with Gasteiger partial charge in [0.15, 0.2) is 5.17 Å². The van der Waals surface area contributed by atoms with Crippen molar-refractivity contribution >= 4 is 85.8 Å². The minimum Gasteiger partial charge on any atom is -0.497 e. The van der Waals surface area contributed by atoms with Gasteiger partial charge in [0.25, 0.3) is 5.91 Å². The van der Waals surface area contributed by atoms with Gasteiger partial charge in [0.2, 0.25) is 0 Å². The number of carboxylic acid groups (broad SMARTS) is 1. The topological polar surface area (TPSA) is 88.4 Å². The number of hydrogen-bond acceptors (Lipinski definition) is 6. The lowest BCUT2D eigenvalue weighted by Crippen LogP contribution is -2.28. The molecule has 0 unspecified atom stereocenters. The zero-order chi connectivity index (χ0) is 29.6. The number of hydrogen-bond donors (Lipinski definition) is 1. The van der Waals surface area contributed by atoms with E-state index in [-0.39, 0.29) is 11.5 Å². The van der Waals surface area contributed by atoms with Crippen molar-refractivity contribution in [1.82, 2.24) is 4.90 Å². The number of benzene rings is 4. The van der Waals surface area contributed by atoms with Crippen LogP contribution in [0.25, 0.3) is 6.08 Å². The quantitative estimate of drug-likeness (QED) is 0.137. The summed E-state index contributed by atoms with van der Waals surface area (Å²) >= 11 is 5.82. The minimum atomic E-state index is -0.961. The number of nitrogens with zero attached hydrogens (tertiary/aromatic N) is 2. The van der Waals surface area contributed by atoms with Crippen molar-refractivity contribution in [2.45, 2.75) is 13.2 Å². The largest absolute Gasteiger partial charge is 0.497 e. The van der Waals surface area contributed by atoms with Crippen molar-refractivity contribution in [3.05, 3.63) is 125 Å². The van der Waals surface area contributed by atoms with Crippen LogP contribution in [0.1, 0.15) is 27.0 Å². The van der Waals surface area contributed by atoms with Gasteiger partial charge in [-0.1, -0.05) is 42.5 Å². The highest BCUT2D eigenvalue weighted by atomic mass is 127. The molecule has 1 aliphatic heterocycles. The molecule has 0 aromatic heterocycles. The smallest absolute Gasteiger partial charge is 0.335 e. The van der Waals surface area contributed by atoms with Crippen LogP contribution in [0.5, 0.6) is 11.5 Å². The van der Waals surface area contributed by atoms with Crippen LogP contribution in [-0.4, -0.2) is 34.2 Å². The van der Waals surface area contributed by atoms with Crippen molar-refractivity contribution in [2.75, 3.05) is 7.11 Å². The minimum absolute atomic E-state index is 0.111. The predicted octanol–water partition coefficient (Wildman–Crippen LogP) is 7.99. The average Bonchev–Trinajstić information content (AvgIpc) is 3.26. The normalized spacial score (nSPS) is 14.9. The summed E-state index contributed by atoms with van der Waals surface area (Å²) in [6.45, 7) is 0.689. The van der Waals surface area contributed by atoms with Gasteiger partial charge in [-0.3, -0.25) is 9.69 Å². The maximum absolute atomic E-state index is 13.7. The second-order valence-electron chi connectivity index (χ2n) is 9.18. The monoisotopic (exact) mass is 802 g/mol. The highest BCUT2D eigenvalue weighted by Crippen LogP contribution is 2.37. The Morgan fingerprint density at radius 3 is 2.21 bits per heavy atom. The average molecular weight is 802 g/mol. The molecule has 0 saturated carbocycles. The molecule has 0 aliphatic carbocycles. The molecule has 4 aromatic rings. The summed E-state index contributed by atoms with van der Waals surface area (Å²) < 4.78 is 13.2. The highest BCUT2D eigenvalue weighted by molar-refractivity contribution is 14.1. The molecule has 42 heavy (non-hydrogen) atoms. The summed E-state index contributed by atoms with van der Waals surface area (Å²) in [4.78, 5) is 31.8. The van der Waals surface area contributed by atoms with E-state index >= 15 is 0 Å². The molecule has 5 rings (SSSR count). The third kappa shape index (κ3) is 7.34. The van der Waals surface area contributed by atoms with Crippen LogP contribution in [0.15, 0.2) is 101 Å². The first-order chi connectivity index (χ1) is 20.3. The van der Waals surface area contributed by atoms with Crippen molar-refractivity contribution in [3.8, 4) is 11.5 Å². The van der Waals surface area contributed by atoms with Gasteiger partial charge in [-0.15, -0.1) is 0 Å². The number of rotatable bonds is 9. The first kappa shape index (κ1) is 30.1. The third-order valence-electron chi connectivity index (χ3n) is 6.27. The van der Waals surface area contributed by atoms with E-state index in [1.54, 1.807) is 36.3 Å². The molecule has 0 radical (unpaired) electrons. The van der Waals surface area contributed by atoms with Gasteiger partial charge in [0, 0.05) is 0 Å². The molecule has 0 spiro atoms. The molecule has 0 atom stereocenters. The fourth-order valence-electron chi connectivity index (χ4n) is 4.11. The Hall–Kier alpha value is -3.36. The molecule has 10 heteroatoms. The zero-order valence-electron chi connectivity index (χ0n) is 22.3. The van der Waals surface area contributed by atoms with E-state index in [1.807, 2.05) is 72.8 Å². The number of aliphatic imine (C=N–C) groups is 1. The Morgan fingerprint density at radius 2 is 1.60 bits per heavy atom. The van der Waals surface area contributed by atoms with Gasteiger partial charge in [-0.2, -0.15) is 0 Å². The molecule has 0 bridgehead atoms. The fourth-order valence-corrected chi connectivity index (χ4v) is 7.23. The van der Waals surface area contributed by atoms with Crippen LogP contribution in [0, 0.1) is 7.14 Å². The molecule has 1 N–H and O–H groups in total. The van der Waals surface area contributed by atoms with Gasteiger partial charge in [-0.25, -0.2) is 9.79 Å². The number of aromatic carboxylic acids is 1. The van der Waals surface area contributed by atoms with E-state index in [4.69, 9.17) is 19.6 Å². The van der Waals surface area contributed by atoms with Crippen LogP contribution < -0.4 is 9.47 Å². The van der Waals surface area contributed by atoms with Crippen LogP contribution in [0.4, 0.5) is 5.69 Å². The predicted molar refractivity (Wildman–Crippen MR) is 182 cm³/mol. The van der Waals surface area contributed by atoms with E-state index in [2.05, 4.69) is 45.2 Å². The first-order valence-electron chi connectivity index (χ1n) is 12.7. The lowest BCUT2D eigenvalue weighted by Gasteiger charge is -2.16. The van der Waals surface area contributed by atoms with E-state index in [0.29, 0.717) is 23.2 Å². The molecule has 1 amide bonds. The number of para-hydroxylation sites is 1. The van der Waals surface area contributed by atoms with Crippen LogP contribution in [-0.2, 0) is 17.9 Å². The number of ether oxygens (including phenoxy) is 2. The molecule has 1 heterocycles. The van der Waals surface area contributed by atoms with E-state index in [1.165, 1.54) is 11.8 Å². The van der Waals surface area contributed by atoms with E-state index < -0.39 is 5.97 Å². The van der Waals surface area contributed by atoms with Gasteiger partial charge in [-0.05, 0) is 128 Å². The van der Waals surface area contributed by atoms with Gasteiger partial charge >= 0.3 is 5.97 Å². The number of carboxylic acids is 1.